The van der Waals surface area contributed by atoms with Gasteiger partial charge in [-0.2, -0.15) is 0 Å². The molecule has 0 fully saturated rings. The maximum absolute atomic E-state index is 10.7. The highest BCUT2D eigenvalue weighted by atomic mass is 16.5. The van der Waals surface area contributed by atoms with Gasteiger partial charge in [-0.1, -0.05) is 0 Å². The van der Waals surface area contributed by atoms with Crippen molar-refractivity contribution in [3.63, 3.8) is 0 Å². The Labute approximate surface area is 69.6 Å². The van der Waals surface area contributed by atoms with Gasteiger partial charge in [0.1, 0.15) is 6.42 Å². The van der Waals surface area contributed by atoms with E-state index < -0.39 is 17.7 Å². The molecule has 0 heterocycles. The van der Waals surface area contributed by atoms with Crippen LogP contribution in [0, 0.1) is 0 Å². The van der Waals surface area contributed by atoms with Crippen LogP contribution in [0.5, 0.6) is 0 Å². The topological polar surface area (TPSA) is 69.7 Å². The van der Waals surface area contributed by atoms with Crippen molar-refractivity contribution in [2.45, 2.75) is 13.3 Å². The van der Waals surface area contributed by atoms with Gasteiger partial charge in [0.2, 0.25) is 0 Å². The third kappa shape index (κ3) is 5.40. The van der Waals surface area contributed by atoms with Crippen LogP contribution in [0.2, 0.25) is 0 Å². The first kappa shape index (κ1) is 10.6. The highest BCUT2D eigenvalue weighted by molar-refractivity contribution is 5.96. The number of carbonyl (C=O) groups excluding carboxylic acids is 3. The summed E-state index contributed by atoms with van der Waals surface area (Å²) in [4.78, 5) is 31.4. The van der Waals surface area contributed by atoms with Gasteiger partial charge in [-0.15, -0.1) is 0 Å². The lowest BCUT2D eigenvalue weighted by Crippen LogP contribution is -2.16. The molecule has 0 bridgehead atoms. The summed E-state index contributed by atoms with van der Waals surface area (Å²) in [5.41, 5.74) is 0. The first-order valence-corrected chi connectivity index (χ1v) is 3.28. The normalized spacial score (nSPS) is 8.83. The molecule has 0 N–H and O–H groups in total. The molecule has 0 unspecified atom stereocenters. The molecule has 0 aromatic rings. The van der Waals surface area contributed by atoms with Gasteiger partial charge in [-0.3, -0.25) is 14.4 Å². The van der Waals surface area contributed by atoms with Crippen LogP contribution in [0.3, 0.4) is 0 Å². The van der Waals surface area contributed by atoms with E-state index >= 15 is 0 Å². The number of Topliss-reactive ketones (excluding diaryl/α,β-unsaturated/α-hetero) is 1. The van der Waals surface area contributed by atoms with E-state index in [0.29, 0.717) is 0 Å². The highest BCUT2D eigenvalue weighted by Gasteiger charge is 2.10. The average Bonchev–Trinajstić information content (AvgIpc) is 2.00. The Balaban J connectivity index is 3.60. The Hall–Kier alpha value is -1.39. The van der Waals surface area contributed by atoms with Crippen LogP contribution in [0.25, 0.3) is 0 Å². The van der Waals surface area contributed by atoms with Gasteiger partial charge in [0.05, 0.1) is 7.11 Å². The Kier molecular flexibility index (Phi) is 4.67. The van der Waals surface area contributed by atoms with Crippen molar-refractivity contribution in [3.05, 3.63) is 0 Å². The molecule has 0 aliphatic rings. The number of hydrogen-bond acceptors (Lipinski definition) is 5. The summed E-state index contributed by atoms with van der Waals surface area (Å²) in [6.45, 7) is 0.815. The summed E-state index contributed by atoms with van der Waals surface area (Å²) >= 11 is 0. The van der Waals surface area contributed by atoms with Crippen LogP contribution in [0.4, 0.5) is 0 Å². The zero-order valence-electron chi connectivity index (χ0n) is 6.96. The molecule has 0 aromatic heterocycles. The molecule has 0 aliphatic heterocycles. The lowest BCUT2D eigenvalue weighted by molar-refractivity contribution is -0.150. The number of hydrogen-bond donors (Lipinski definition) is 0. The summed E-state index contributed by atoms with van der Waals surface area (Å²) in [6, 6.07) is 0. The first-order valence-electron chi connectivity index (χ1n) is 3.28. The molecule has 0 amide bonds. The number of ether oxygens (including phenoxy) is 2. The summed E-state index contributed by atoms with van der Waals surface area (Å²) < 4.78 is 8.58. The molecule has 0 aromatic carbocycles. The third-order valence-corrected chi connectivity index (χ3v) is 1.01. The Morgan fingerprint density at radius 2 is 1.83 bits per heavy atom. The van der Waals surface area contributed by atoms with Crippen molar-refractivity contribution in [2.24, 2.45) is 0 Å². The van der Waals surface area contributed by atoms with Gasteiger partial charge in [0.15, 0.2) is 12.4 Å². The second kappa shape index (κ2) is 5.29. The smallest absolute Gasteiger partial charge is 0.313 e. The number of ketones is 1. The number of methoxy groups -OCH3 is 1. The molecule has 5 nitrogen and oxygen atoms in total. The molecule has 0 spiro atoms. The van der Waals surface area contributed by atoms with Gasteiger partial charge >= 0.3 is 11.9 Å². The van der Waals surface area contributed by atoms with E-state index in [-0.39, 0.29) is 13.0 Å². The van der Waals surface area contributed by atoms with Crippen LogP contribution >= 0.6 is 0 Å². The minimum atomic E-state index is -0.632. The number of carbonyl (C=O) groups is 3. The van der Waals surface area contributed by atoms with E-state index in [9.17, 15) is 14.4 Å². The van der Waals surface area contributed by atoms with Crippen molar-refractivity contribution < 1.29 is 23.9 Å². The molecule has 0 rings (SSSR count). The summed E-state index contributed by atoms with van der Waals surface area (Å²) in [5.74, 6) is -1.66. The second-order valence-electron chi connectivity index (χ2n) is 2.07. The van der Waals surface area contributed by atoms with Gasteiger partial charge in [-0.05, 0) is 0 Å². The van der Waals surface area contributed by atoms with E-state index in [4.69, 9.17) is 0 Å². The van der Waals surface area contributed by atoms with E-state index in [2.05, 4.69) is 9.47 Å². The Morgan fingerprint density at radius 3 is 2.25 bits per heavy atom. The van der Waals surface area contributed by atoms with Crippen molar-refractivity contribution in [2.75, 3.05) is 13.7 Å². The van der Waals surface area contributed by atoms with Gasteiger partial charge in [0, 0.05) is 6.92 Å². The van der Waals surface area contributed by atoms with E-state index in [1.54, 1.807) is 0 Å². The van der Waals surface area contributed by atoms with Crippen molar-refractivity contribution in [1.82, 2.24) is 0 Å². The van der Waals surface area contributed by atoms with Crippen molar-refractivity contribution in [3.8, 4) is 0 Å². The largest absolute Gasteiger partial charge is 0.469 e. The SMILES string of the molecule is COC(=O)CC(=O)COC(C)=O. The van der Waals surface area contributed by atoms with E-state index in [1.165, 1.54) is 14.0 Å². The number of esters is 2. The van der Waals surface area contributed by atoms with Gasteiger partial charge in [-0.25, -0.2) is 0 Å². The lowest BCUT2D eigenvalue weighted by Gasteiger charge is -1.99. The zero-order chi connectivity index (χ0) is 9.56. The molecular weight excluding hydrogens is 164 g/mol. The molecular formula is C7H10O5. The van der Waals surface area contributed by atoms with Gasteiger partial charge in [0.25, 0.3) is 0 Å². The molecule has 68 valence electrons. The zero-order valence-corrected chi connectivity index (χ0v) is 6.96. The minimum absolute atomic E-state index is 0.357. The summed E-state index contributed by atoms with van der Waals surface area (Å²) in [7, 11) is 1.18. The monoisotopic (exact) mass is 174 g/mol. The molecule has 0 saturated carbocycles. The van der Waals surface area contributed by atoms with E-state index in [1.807, 2.05) is 0 Å². The van der Waals surface area contributed by atoms with E-state index in [0.717, 1.165) is 0 Å². The fourth-order valence-electron chi connectivity index (χ4n) is 0.466. The van der Waals surface area contributed by atoms with Crippen molar-refractivity contribution >= 4 is 17.7 Å². The second-order valence-corrected chi connectivity index (χ2v) is 2.07. The maximum Gasteiger partial charge on any atom is 0.313 e. The molecule has 0 aliphatic carbocycles. The first-order chi connectivity index (χ1) is 5.56. The Bertz CT molecular complexity index is 196. The van der Waals surface area contributed by atoms with Crippen LogP contribution in [-0.2, 0) is 23.9 Å². The van der Waals surface area contributed by atoms with Crippen molar-refractivity contribution in [1.29, 1.82) is 0 Å². The lowest BCUT2D eigenvalue weighted by atomic mass is 10.3. The van der Waals surface area contributed by atoms with Crippen LogP contribution in [0.1, 0.15) is 13.3 Å². The third-order valence-electron chi connectivity index (χ3n) is 1.01. The predicted octanol–water partition coefficient (Wildman–Crippen LogP) is -0.318. The summed E-state index contributed by atoms with van der Waals surface area (Å²) in [6.07, 6.45) is -0.357. The quantitative estimate of drug-likeness (QED) is 0.431. The molecule has 5 heteroatoms. The van der Waals surface area contributed by atoms with Crippen LogP contribution in [0.15, 0.2) is 0 Å². The Morgan fingerprint density at radius 1 is 1.25 bits per heavy atom. The minimum Gasteiger partial charge on any atom is -0.469 e. The maximum atomic E-state index is 10.7. The predicted molar refractivity (Wildman–Crippen MR) is 38.3 cm³/mol. The molecule has 12 heavy (non-hydrogen) atoms. The van der Waals surface area contributed by atoms with Crippen LogP contribution in [-0.4, -0.2) is 31.4 Å². The fourth-order valence-corrected chi connectivity index (χ4v) is 0.466. The van der Waals surface area contributed by atoms with Gasteiger partial charge < -0.3 is 9.47 Å². The standard InChI is InChI=1S/C7H10O5/c1-5(8)12-4-6(9)3-7(10)11-2/h3-4H2,1-2H3. The molecule has 0 atom stereocenters. The fraction of sp³-hybridized carbons (Fsp3) is 0.571. The molecule has 0 saturated heterocycles. The average molecular weight is 174 g/mol. The number of rotatable bonds is 4. The highest BCUT2D eigenvalue weighted by Crippen LogP contribution is 1.88. The van der Waals surface area contributed by atoms with Crippen LogP contribution < -0.4 is 0 Å². The summed E-state index contributed by atoms with van der Waals surface area (Å²) in [5, 5.41) is 0. The molecule has 0 radical (unpaired) electrons.